The van der Waals surface area contributed by atoms with Gasteiger partial charge in [0.25, 0.3) is 0 Å². The number of amides is 1. The van der Waals surface area contributed by atoms with Crippen LogP contribution in [0.2, 0.25) is 0 Å². The Morgan fingerprint density at radius 1 is 1.69 bits per heavy atom. The van der Waals surface area contributed by atoms with Gasteiger partial charge < -0.3 is 10.6 Å². The number of hydrogen-bond acceptors (Lipinski definition) is 3. The fourth-order valence-electron chi connectivity index (χ4n) is 1.48. The van der Waals surface area contributed by atoms with E-state index in [4.69, 9.17) is 0 Å². The average Bonchev–Trinajstić information content (AvgIpc) is 2.97. The molecule has 0 bridgehead atoms. The van der Waals surface area contributed by atoms with Gasteiger partial charge in [-0.25, -0.2) is 0 Å². The van der Waals surface area contributed by atoms with Gasteiger partial charge in [-0.3, -0.25) is 9.48 Å². The minimum atomic E-state index is -0.157. The molecule has 1 aromatic rings. The first-order valence-corrected chi connectivity index (χ1v) is 5.67. The molecule has 2 rings (SSSR count). The lowest BCUT2D eigenvalue weighted by molar-refractivity contribution is -0.122. The highest BCUT2D eigenvalue weighted by Crippen LogP contribution is 2.18. The second-order valence-electron chi connectivity index (χ2n) is 4.33. The van der Waals surface area contributed by atoms with Crippen LogP contribution in [0, 0.1) is 0 Å². The Kier molecular flexibility index (Phi) is 3.24. The number of aromatic nitrogens is 2. The van der Waals surface area contributed by atoms with E-state index in [1.807, 2.05) is 20.0 Å². The lowest BCUT2D eigenvalue weighted by atomic mass is 10.3. The third kappa shape index (κ3) is 2.82. The van der Waals surface area contributed by atoms with Crippen LogP contribution in [-0.4, -0.2) is 27.8 Å². The summed E-state index contributed by atoms with van der Waals surface area (Å²) in [4.78, 5) is 11.6. The molecule has 0 radical (unpaired) electrons. The van der Waals surface area contributed by atoms with E-state index >= 15 is 0 Å². The maximum absolute atomic E-state index is 11.6. The number of aryl methyl sites for hydroxylation is 1. The van der Waals surface area contributed by atoms with E-state index in [9.17, 15) is 4.79 Å². The van der Waals surface area contributed by atoms with Gasteiger partial charge in [-0.1, -0.05) is 0 Å². The van der Waals surface area contributed by atoms with E-state index in [1.165, 1.54) is 0 Å². The average molecular weight is 222 g/mol. The van der Waals surface area contributed by atoms with Crippen LogP contribution in [0.15, 0.2) is 12.3 Å². The third-order valence-electron chi connectivity index (χ3n) is 2.83. The van der Waals surface area contributed by atoms with Crippen molar-refractivity contribution in [3.63, 3.8) is 0 Å². The van der Waals surface area contributed by atoms with Crippen LogP contribution in [0.25, 0.3) is 0 Å². The van der Waals surface area contributed by atoms with Crippen LogP contribution in [0.4, 0.5) is 0 Å². The molecule has 1 amide bonds. The van der Waals surface area contributed by atoms with Crippen molar-refractivity contribution in [1.29, 1.82) is 0 Å². The number of rotatable bonds is 5. The second-order valence-corrected chi connectivity index (χ2v) is 4.33. The summed E-state index contributed by atoms with van der Waals surface area (Å²) in [5, 5.41) is 10.2. The molecule has 1 atom stereocenters. The SMILES string of the molecule is CC(NCc1ccnn1C)C(=O)NC1CC1. The van der Waals surface area contributed by atoms with Gasteiger partial charge in [0.2, 0.25) is 5.91 Å². The molecule has 1 aliphatic rings. The van der Waals surface area contributed by atoms with E-state index in [0.717, 1.165) is 18.5 Å². The molecule has 1 aliphatic carbocycles. The Morgan fingerprint density at radius 2 is 2.44 bits per heavy atom. The fraction of sp³-hybridized carbons (Fsp3) is 0.636. The van der Waals surface area contributed by atoms with Crippen molar-refractivity contribution in [2.75, 3.05) is 0 Å². The highest BCUT2D eigenvalue weighted by Gasteiger charge is 2.25. The summed E-state index contributed by atoms with van der Waals surface area (Å²) in [5.41, 5.74) is 1.08. The van der Waals surface area contributed by atoms with Gasteiger partial charge in [0.1, 0.15) is 0 Å². The Hall–Kier alpha value is -1.36. The quantitative estimate of drug-likeness (QED) is 0.747. The molecule has 0 aliphatic heterocycles. The van der Waals surface area contributed by atoms with E-state index in [1.54, 1.807) is 10.9 Å². The summed E-state index contributed by atoms with van der Waals surface area (Å²) < 4.78 is 1.80. The molecule has 0 spiro atoms. The molecular weight excluding hydrogens is 204 g/mol. The van der Waals surface area contributed by atoms with Crippen molar-refractivity contribution < 1.29 is 4.79 Å². The third-order valence-corrected chi connectivity index (χ3v) is 2.83. The van der Waals surface area contributed by atoms with E-state index in [2.05, 4.69) is 15.7 Å². The first-order valence-electron chi connectivity index (χ1n) is 5.67. The maximum Gasteiger partial charge on any atom is 0.237 e. The molecule has 1 aromatic heterocycles. The van der Waals surface area contributed by atoms with Crippen LogP contribution < -0.4 is 10.6 Å². The topological polar surface area (TPSA) is 59.0 Å². The van der Waals surface area contributed by atoms with Crippen molar-refractivity contribution >= 4 is 5.91 Å². The van der Waals surface area contributed by atoms with Crippen LogP contribution in [0.5, 0.6) is 0 Å². The van der Waals surface area contributed by atoms with E-state index in [0.29, 0.717) is 12.6 Å². The van der Waals surface area contributed by atoms with Gasteiger partial charge in [0.15, 0.2) is 0 Å². The molecule has 1 saturated carbocycles. The molecule has 1 unspecified atom stereocenters. The smallest absolute Gasteiger partial charge is 0.237 e. The predicted molar refractivity (Wildman–Crippen MR) is 60.7 cm³/mol. The Morgan fingerprint density at radius 3 is 3.00 bits per heavy atom. The summed E-state index contributed by atoms with van der Waals surface area (Å²) in [7, 11) is 1.89. The molecule has 88 valence electrons. The standard InChI is InChI=1S/C11H18N4O/c1-8(11(16)14-9-3-4-9)12-7-10-5-6-13-15(10)2/h5-6,8-9,12H,3-4,7H2,1-2H3,(H,14,16). The Labute approximate surface area is 95.2 Å². The molecule has 0 saturated heterocycles. The summed E-state index contributed by atoms with van der Waals surface area (Å²) >= 11 is 0. The zero-order valence-corrected chi connectivity index (χ0v) is 9.73. The molecule has 1 fully saturated rings. The zero-order valence-electron chi connectivity index (χ0n) is 9.73. The van der Waals surface area contributed by atoms with Crippen LogP contribution in [-0.2, 0) is 18.4 Å². The highest BCUT2D eigenvalue weighted by atomic mass is 16.2. The number of carbonyl (C=O) groups excluding carboxylic acids is 1. The van der Waals surface area contributed by atoms with E-state index < -0.39 is 0 Å². The predicted octanol–water partition coefficient (Wildman–Crippen LogP) is 0.177. The zero-order chi connectivity index (χ0) is 11.5. The number of nitrogens with zero attached hydrogens (tertiary/aromatic N) is 2. The van der Waals surface area contributed by atoms with Gasteiger partial charge in [0.05, 0.1) is 11.7 Å². The number of carbonyl (C=O) groups is 1. The molecule has 2 N–H and O–H groups in total. The van der Waals surface area contributed by atoms with Gasteiger partial charge in [0, 0.05) is 25.8 Å². The van der Waals surface area contributed by atoms with Crippen molar-refractivity contribution in [2.45, 2.75) is 38.4 Å². The van der Waals surface area contributed by atoms with Crippen molar-refractivity contribution in [1.82, 2.24) is 20.4 Å². The van der Waals surface area contributed by atoms with Gasteiger partial charge >= 0.3 is 0 Å². The minimum Gasteiger partial charge on any atom is -0.352 e. The van der Waals surface area contributed by atoms with Crippen molar-refractivity contribution in [3.8, 4) is 0 Å². The summed E-state index contributed by atoms with van der Waals surface area (Å²) in [6.07, 6.45) is 4.01. The Bertz CT molecular complexity index is 370. The molecule has 5 nitrogen and oxygen atoms in total. The number of hydrogen-bond donors (Lipinski definition) is 2. The van der Waals surface area contributed by atoms with Gasteiger partial charge in [-0.15, -0.1) is 0 Å². The largest absolute Gasteiger partial charge is 0.352 e. The normalized spacial score (nSPS) is 17.1. The lowest BCUT2D eigenvalue weighted by Gasteiger charge is -2.13. The molecule has 1 heterocycles. The van der Waals surface area contributed by atoms with Crippen LogP contribution in [0.1, 0.15) is 25.5 Å². The van der Waals surface area contributed by atoms with Gasteiger partial charge in [-0.05, 0) is 25.8 Å². The first kappa shape index (κ1) is 11.1. The summed E-state index contributed by atoms with van der Waals surface area (Å²) in [6, 6.07) is 2.21. The van der Waals surface area contributed by atoms with Crippen molar-refractivity contribution in [3.05, 3.63) is 18.0 Å². The van der Waals surface area contributed by atoms with Crippen LogP contribution >= 0.6 is 0 Å². The maximum atomic E-state index is 11.6. The second kappa shape index (κ2) is 4.65. The first-order chi connectivity index (χ1) is 7.66. The lowest BCUT2D eigenvalue weighted by Crippen LogP contribution is -2.42. The summed E-state index contributed by atoms with van der Waals surface area (Å²) in [6.45, 7) is 2.55. The van der Waals surface area contributed by atoms with Crippen molar-refractivity contribution in [2.24, 2.45) is 7.05 Å². The Balaban J connectivity index is 1.76. The summed E-state index contributed by atoms with van der Waals surface area (Å²) in [5.74, 6) is 0.0877. The minimum absolute atomic E-state index is 0.0877. The number of nitrogens with one attached hydrogen (secondary N) is 2. The van der Waals surface area contributed by atoms with E-state index in [-0.39, 0.29) is 11.9 Å². The molecule has 0 aromatic carbocycles. The molecule has 5 heteroatoms. The monoisotopic (exact) mass is 222 g/mol. The fourth-order valence-corrected chi connectivity index (χ4v) is 1.48. The molecule has 16 heavy (non-hydrogen) atoms. The van der Waals surface area contributed by atoms with Gasteiger partial charge in [-0.2, -0.15) is 5.10 Å². The van der Waals surface area contributed by atoms with Crippen LogP contribution in [0.3, 0.4) is 0 Å². The highest BCUT2D eigenvalue weighted by molar-refractivity contribution is 5.81. The molecular formula is C11H18N4O.